The number of hydrogen-bond donors (Lipinski definition) is 1. The fraction of sp³-hybridized carbons (Fsp3) is 0.333. The highest BCUT2D eigenvalue weighted by Gasteiger charge is 2.31. The van der Waals surface area contributed by atoms with Gasteiger partial charge in [-0.05, 0) is 18.9 Å². The van der Waals surface area contributed by atoms with Crippen molar-refractivity contribution in [3.8, 4) is 0 Å². The molecule has 0 aromatic heterocycles. The molecule has 0 aliphatic heterocycles. The highest BCUT2D eigenvalue weighted by molar-refractivity contribution is 5.85. The van der Waals surface area contributed by atoms with E-state index in [1.807, 2.05) is 30.4 Å². The zero-order valence-corrected chi connectivity index (χ0v) is 11.1. The summed E-state index contributed by atoms with van der Waals surface area (Å²) in [5.41, 5.74) is 2.31. The number of halogens is 1. The first kappa shape index (κ1) is 14.0. The lowest BCUT2D eigenvalue weighted by molar-refractivity contribution is 0.110. The molecule has 0 heterocycles. The molecule has 1 aromatic carbocycles. The summed E-state index contributed by atoms with van der Waals surface area (Å²) >= 11 is 0. The Hall–Kier alpha value is -1.05. The molecule has 17 heavy (non-hydrogen) atoms. The van der Waals surface area contributed by atoms with E-state index in [1.54, 1.807) is 0 Å². The predicted octanol–water partition coefficient (Wildman–Crippen LogP) is 3.53. The molecule has 1 aliphatic carbocycles. The van der Waals surface area contributed by atoms with Gasteiger partial charge in [-0.2, -0.15) is 0 Å². The fourth-order valence-electron chi connectivity index (χ4n) is 2.31. The first-order chi connectivity index (χ1) is 7.60. The molecule has 1 aliphatic rings. The molecule has 0 saturated heterocycles. The molecule has 2 unspecified atom stereocenters. The standard InChI is InChI=1S/C15H18O.ClH/c1-12-8-9-14(16)15(2,10-12)11-13-6-4-3-5-7-13;/h3-10,14,16H,11H2,1-2H3;1H. The van der Waals surface area contributed by atoms with Gasteiger partial charge >= 0.3 is 0 Å². The van der Waals surface area contributed by atoms with Crippen LogP contribution in [0.1, 0.15) is 19.4 Å². The van der Waals surface area contributed by atoms with E-state index < -0.39 is 6.10 Å². The summed E-state index contributed by atoms with van der Waals surface area (Å²) in [5.74, 6) is 0. The Morgan fingerprint density at radius 3 is 2.53 bits per heavy atom. The monoisotopic (exact) mass is 250 g/mol. The third-order valence-electron chi connectivity index (χ3n) is 3.20. The molecular weight excluding hydrogens is 232 g/mol. The quantitative estimate of drug-likeness (QED) is 0.851. The van der Waals surface area contributed by atoms with E-state index in [4.69, 9.17) is 0 Å². The van der Waals surface area contributed by atoms with Gasteiger partial charge in [-0.15, -0.1) is 12.4 Å². The molecule has 2 atom stereocenters. The van der Waals surface area contributed by atoms with Gasteiger partial charge in [0.2, 0.25) is 0 Å². The van der Waals surface area contributed by atoms with Crippen LogP contribution < -0.4 is 0 Å². The van der Waals surface area contributed by atoms with Crippen LogP contribution >= 0.6 is 12.4 Å². The number of aliphatic hydroxyl groups excluding tert-OH is 1. The molecule has 0 spiro atoms. The Morgan fingerprint density at radius 2 is 1.88 bits per heavy atom. The zero-order valence-electron chi connectivity index (χ0n) is 10.3. The number of rotatable bonds is 2. The van der Waals surface area contributed by atoms with Crippen molar-refractivity contribution in [2.45, 2.75) is 26.4 Å². The maximum absolute atomic E-state index is 10.1. The van der Waals surface area contributed by atoms with E-state index in [2.05, 4.69) is 32.1 Å². The Kier molecular flexibility index (Phi) is 4.55. The summed E-state index contributed by atoms with van der Waals surface area (Å²) in [6.45, 7) is 4.18. The van der Waals surface area contributed by atoms with Crippen LogP contribution in [0, 0.1) is 5.41 Å². The van der Waals surface area contributed by atoms with Crippen LogP contribution in [-0.2, 0) is 6.42 Å². The molecule has 1 nitrogen and oxygen atoms in total. The summed E-state index contributed by atoms with van der Waals surface area (Å²) in [5, 5.41) is 10.1. The first-order valence-corrected chi connectivity index (χ1v) is 5.70. The van der Waals surface area contributed by atoms with E-state index in [-0.39, 0.29) is 17.8 Å². The largest absolute Gasteiger partial charge is 0.388 e. The zero-order chi connectivity index (χ0) is 11.6. The molecule has 92 valence electrons. The molecular formula is C15H19ClO. The number of allylic oxidation sites excluding steroid dienone is 2. The van der Waals surface area contributed by atoms with Crippen molar-refractivity contribution < 1.29 is 5.11 Å². The molecule has 0 bridgehead atoms. The third kappa shape index (κ3) is 3.21. The number of aliphatic hydroxyl groups is 1. The highest BCUT2D eigenvalue weighted by Crippen LogP contribution is 2.33. The van der Waals surface area contributed by atoms with E-state index in [0.29, 0.717) is 0 Å². The van der Waals surface area contributed by atoms with Gasteiger partial charge < -0.3 is 5.11 Å². The van der Waals surface area contributed by atoms with Gasteiger partial charge in [0.05, 0.1) is 6.10 Å². The summed E-state index contributed by atoms with van der Waals surface area (Å²) < 4.78 is 0. The van der Waals surface area contributed by atoms with Crippen molar-refractivity contribution in [3.05, 3.63) is 59.7 Å². The highest BCUT2D eigenvalue weighted by atomic mass is 35.5. The second-order valence-corrected chi connectivity index (χ2v) is 4.86. The second-order valence-electron chi connectivity index (χ2n) is 4.86. The van der Waals surface area contributed by atoms with Crippen molar-refractivity contribution in [2.75, 3.05) is 0 Å². The average molecular weight is 251 g/mol. The molecule has 0 fully saturated rings. The van der Waals surface area contributed by atoms with Gasteiger partial charge in [0, 0.05) is 5.41 Å². The van der Waals surface area contributed by atoms with Gasteiger partial charge in [0.15, 0.2) is 0 Å². The van der Waals surface area contributed by atoms with Gasteiger partial charge in [0.25, 0.3) is 0 Å². The molecule has 1 N–H and O–H groups in total. The van der Waals surface area contributed by atoms with Crippen LogP contribution in [0.5, 0.6) is 0 Å². The smallest absolute Gasteiger partial charge is 0.0815 e. The summed E-state index contributed by atoms with van der Waals surface area (Å²) in [7, 11) is 0. The van der Waals surface area contributed by atoms with Crippen LogP contribution in [0.3, 0.4) is 0 Å². The van der Waals surface area contributed by atoms with Crippen LogP contribution in [0.4, 0.5) is 0 Å². The Morgan fingerprint density at radius 1 is 1.24 bits per heavy atom. The van der Waals surface area contributed by atoms with E-state index >= 15 is 0 Å². The lowest BCUT2D eigenvalue weighted by Crippen LogP contribution is -2.33. The molecule has 0 amide bonds. The molecule has 1 aromatic rings. The number of hydrogen-bond acceptors (Lipinski definition) is 1. The Bertz CT molecular complexity index is 422. The Balaban J connectivity index is 0.00000144. The molecule has 0 saturated carbocycles. The lowest BCUT2D eigenvalue weighted by atomic mass is 9.75. The SMILES string of the molecule is CC1=CC(C)(Cc2ccccc2)C(O)C=C1.Cl. The van der Waals surface area contributed by atoms with Gasteiger partial charge in [-0.25, -0.2) is 0 Å². The van der Waals surface area contributed by atoms with Crippen LogP contribution in [-0.4, -0.2) is 11.2 Å². The summed E-state index contributed by atoms with van der Waals surface area (Å²) in [4.78, 5) is 0. The summed E-state index contributed by atoms with van der Waals surface area (Å²) in [6.07, 6.45) is 6.52. The van der Waals surface area contributed by atoms with Crippen molar-refractivity contribution >= 4 is 12.4 Å². The maximum Gasteiger partial charge on any atom is 0.0815 e. The van der Waals surface area contributed by atoms with Crippen molar-refractivity contribution in [1.29, 1.82) is 0 Å². The third-order valence-corrected chi connectivity index (χ3v) is 3.20. The Labute approximate surface area is 109 Å². The van der Waals surface area contributed by atoms with Gasteiger partial charge in [-0.3, -0.25) is 0 Å². The molecule has 0 radical (unpaired) electrons. The van der Waals surface area contributed by atoms with E-state index in [1.165, 1.54) is 11.1 Å². The maximum atomic E-state index is 10.1. The minimum absolute atomic E-state index is 0. The average Bonchev–Trinajstić information content (AvgIpc) is 2.25. The summed E-state index contributed by atoms with van der Waals surface area (Å²) in [6, 6.07) is 10.3. The van der Waals surface area contributed by atoms with Gasteiger partial charge in [-0.1, -0.05) is 61.1 Å². The first-order valence-electron chi connectivity index (χ1n) is 5.70. The van der Waals surface area contributed by atoms with Crippen LogP contribution in [0.2, 0.25) is 0 Å². The minimum Gasteiger partial charge on any atom is -0.388 e. The number of benzene rings is 1. The van der Waals surface area contributed by atoms with Crippen molar-refractivity contribution in [1.82, 2.24) is 0 Å². The van der Waals surface area contributed by atoms with Crippen LogP contribution in [0.15, 0.2) is 54.1 Å². The lowest BCUT2D eigenvalue weighted by Gasteiger charge is -2.33. The van der Waals surface area contributed by atoms with Crippen LogP contribution in [0.25, 0.3) is 0 Å². The topological polar surface area (TPSA) is 20.2 Å². The molecule has 2 rings (SSSR count). The minimum atomic E-state index is -0.392. The van der Waals surface area contributed by atoms with E-state index in [0.717, 1.165) is 6.42 Å². The van der Waals surface area contributed by atoms with E-state index in [9.17, 15) is 5.11 Å². The van der Waals surface area contributed by atoms with Crippen molar-refractivity contribution in [2.24, 2.45) is 5.41 Å². The fourth-order valence-corrected chi connectivity index (χ4v) is 2.31. The van der Waals surface area contributed by atoms with Crippen molar-refractivity contribution in [3.63, 3.8) is 0 Å². The second kappa shape index (κ2) is 5.52. The van der Waals surface area contributed by atoms with Gasteiger partial charge in [0.1, 0.15) is 0 Å². The molecule has 2 heteroatoms. The normalized spacial score (nSPS) is 27.2. The predicted molar refractivity (Wildman–Crippen MR) is 74.4 cm³/mol.